The van der Waals surface area contributed by atoms with Crippen LogP contribution in [0.3, 0.4) is 0 Å². The molecule has 0 aromatic carbocycles. The molecule has 26 heavy (non-hydrogen) atoms. The molecule has 0 unspecified atom stereocenters. The van der Waals surface area contributed by atoms with Crippen LogP contribution in [0.1, 0.15) is 48.8 Å². The molecule has 0 saturated carbocycles. The number of nitrogens with zero attached hydrogens (tertiary/aromatic N) is 5. The predicted molar refractivity (Wildman–Crippen MR) is 98.1 cm³/mol. The largest absolute Gasteiger partial charge is 0.354 e. The Labute approximate surface area is 153 Å². The maximum atomic E-state index is 12.3. The van der Waals surface area contributed by atoms with Gasteiger partial charge in [0.2, 0.25) is 5.89 Å². The van der Waals surface area contributed by atoms with Crippen molar-refractivity contribution in [1.82, 2.24) is 25.3 Å². The van der Waals surface area contributed by atoms with Gasteiger partial charge in [-0.15, -0.1) is 0 Å². The Balaban J connectivity index is 1.56. The van der Waals surface area contributed by atoms with Crippen LogP contribution in [-0.4, -0.2) is 58.7 Å². The third-order valence-corrected chi connectivity index (χ3v) is 4.68. The highest BCUT2D eigenvalue weighted by Crippen LogP contribution is 2.16. The lowest BCUT2D eigenvalue weighted by Gasteiger charge is -2.38. The van der Waals surface area contributed by atoms with Gasteiger partial charge in [-0.3, -0.25) is 4.79 Å². The summed E-state index contributed by atoms with van der Waals surface area (Å²) in [5.41, 5.74) is 0.517. The summed E-state index contributed by atoms with van der Waals surface area (Å²) >= 11 is 0. The van der Waals surface area contributed by atoms with Crippen molar-refractivity contribution in [1.29, 1.82) is 0 Å². The lowest BCUT2D eigenvalue weighted by atomic mass is 10.2. The number of pyridine rings is 1. The number of piperazine rings is 1. The van der Waals surface area contributed by atoms with Gasteiger partial charge in [-0.1, -0.05) is 19.0 Å². The standard InChI is InChI=1S/C18H26N6O2/c1-12(2)18-21-15(22-26-18)10-20-17(25)14-5-6-16(19-9-14)24-8-7-23(4)13(3)11-24/h5-6,9,12-13H,7-8,10-11H2,1-4H3,(H,20,25)/t13-/m0/s1. The van der Waals surface area contributed by atoms with Gasteiger partial charge in [0.1, 0.15) is 5.82 Å². The van der Waals surface area contributed by atoms with Crippen molar-refractivity contribution < 1.29 is 9.32 Å². The highest BCUT2D eigenvalue weighted by atomic mass is 16.5. The quantitative estimate of drug-likeness (QED) is 0.869. The van der Waals surface area contributed by atoms with Crippen molar-refractivity contribution in [2.75, 3.05) is 31.6 Å². The summed E-state index contributed by atoms with van der Waals surface area (Å²) in [4.78, 5) is 25.6. The molecule has 1 N–H and O–H groups in total. The number of carbonyl (C=O) groups is 1. The van der Waals surface area contributed by atoms with Crippen LogP contribution in [-0.2, 0) is 6.54 Å². The average Bonchev–Trinajstić information content (AvgIpc) is 3.11. The molecule has 1 atom stereocenters. The summed E-state index contributed by atoms with van der Waals surface area (Å²) < 4.78 is 5.13. The summed E-state index contributed by atoms with van der Waals surface area (Å²) in [7, 11) is 2.14. The fourth-order valence-corrected chi connectivity index (χ4v) is 2.80. The third kappa shape index (κ3) is 4.19. The van der Waals surface area contributed by atoms with E-state index in [1.807, 2.05) is 19.9 Å². The third-order valence-electron chi connectivity index (χ3n) is 4.68. The molecule has 8 nitrogen and oxygen atoms in total. The fraction of sp³-hybridized carbons (Fsp3) is 0.556. The van der Waals surface area contributed by atoms with Gasteiger partial charge in [0.25, 0.3) is 5.91 Å². The van der Waals surface area contributed by atoms with E-state index >= 15 is 0 Å². The predicted octanol–water partition coefficient (Wildman–Crippen LogP) is 1.66. The second kappa shape index (κ2) is 7.82. The first-order chi connectivity index (χ1) is 12.4. The summed E-state index contributed by atoms with van der Waals surface area (Å²) in [5.74, 6) is 1.91. The zero-order chi connectivity index (χ0) is 18.7. The number of anilines is 1. The molecule has 0 radical (unpaired) electrons. The van der Waals surface area contributed by atoms with Crippen molar-refractivity contribution in [3.05, 3.63) is 35.6 Å². The summed E-state index contributed by atoms with van der Waals surface area (Å²) in [5, 5.41) is 6.66. The van der Waals surface area contributed by atoms with Crippen LogP contribution in [0.2, 0.25) is 0 Å². The molecule has 8 heteroatoms. The molecule has 2 aromatic heterocycles. The van der Waals surface area contributed by atoms with Crippen LogP contribution in [0.15, 0.2) is 22.9 Å². The van der Waals surface area contributed by atoms with E-state index in [2.05, 4.69) is 44.2 Å². The highest BCUT2D eigenvalue weighted by Gasteiger charge is 2.21. The molecular formula is C18H26N6O2. The van der Waals surface area contributed by atoms with Crippen molar-refractivity contribution in [2.45, 2.75) is 39.3 Å². The van der Waals surface area contributed by atoms with E-state index in [-0.39, 0.29) is 18.4 Å². The number of hydrogen-bond donors (Lipinski definition) is 1. The van der Waals surface area contributed by atoms with Crippen molar-refractivity contribution in [2.24, 2.45) is 0 Å². The zero-order valence-electron chi connectivity index (χ0n) is 15.8. The lowest BCUT2D eigenvalue weighted by Crippen LogP contribution is -2.50. The number of rotatable bonds is 5. The van der Waals surface area contributed by atoms with Crippen LogP contribution < -0.4 is 10.2 Å². The van der Waals surface area contributed by atoms with E-state index in [0.717, 1.165) is 25.5 Å². The molecule has 2 aromatic rings. The SMILES string of the molecule is CC(C)c1nc(CNC(=O)c2ccc(N3CCN(C)[C@@H](C)C3)nc2)no1. The minimum Gasteiger partial charge on any atom is -0.354 e. The van der Waals surface area contributed by atoms with Crippen LogP contribution in [0.25, 0.3) is 0 Å². The molecule has 0 spiro atoms. The lowest BCUT2D eigenvalue weighted by molar-refractivity contribution is 0.0949. The maximum absolute atomic E-state index is 12.3. The normalized spacial score (nSPS) is 18.3. The highest BCUT2D eigenvalue weighted by molar-refractivity contribution is 5.93. The van der Waals surface area contributed by atoms with Gasteiger partial charge in [0.15, 0.2) is 5.82 Å². The Morgan fingerprint density at radius 1 is 1.38 bits per heavy atom. The van der Waals surface area contributed by atoms with E-state index in [9.17, 15) is 4.79 Å². The van der Waals surface area contributed by atoms with Gasteiger partial charge in [0.05, 0.1) is 12.1 Å². The topological polar surface area (TPSA) is 87.4 Å². The van der Waals surface area contributed by atoms with Gasteiger partial charge in [0, 0.05) is 37.8 Å². The first-order valence-corrected chi connectivity index (χ1v) is 8.96. The first kappa shape index (κ1) is 18.3. The fourth-order valence-electron chi connectivity index (χ4n) is 2.80. The Morgan fingerprint density at radius 3 is 2.81 bits per heavy atom. The van der Waals surface area contributed by atoms with Crippen molar-refractivity contribution >= 4 is 11.7 Å². The van der Waals surface area contributed by atoms with E-state index in [1.165, 1.54) is 0 Å². The van der Waals surface area contributed by atoms with Crippen LogP contribution >= 0.6 is 0 Å². The van der Waals surface area contributed by atoms with Gasteiger partial charge in [-0.05, 0) is 26.1 Å². The van der Waals surface area contributed by atoms with Gasteiger partial charge in [-0.25, -0.2) is 4.98 Å². The number of amides is 1. The van der Waals surface area contributed by atoms with E-state index in [0.29, 0.717) is 23.3 Å². The number of hydrogen-bond acceptors (Lipinski definition) is 7. The molecule has 1 amide bonds. The van der Waals surface area contributed by atoms with E-state index < -0.39 is 0 Å². The molecule has 1 aliphatic rings. The molecule has 1 saturated heterocycles. The number of carbonyl (C=O) groups excluding carboxylic acids is 1. The molecule has 1 aliphatic heterocycles. The molecule has 140 valence electrons. The van der Waals surface area contributed by atoms with Crippen LogP contribution in [0.4, 0.5) is 5.82 Å². The minimum absolute atomic E-state index is 0.168. The average molecular weight is 358 g/mol. The smallest absolute Gasteiger partial charge is 0.253 e. The Morgan fingerprint density at radius 2 is 2.19 bits per heavy atom. The summed E-state index contributed by atoms with van der Waals surface area (Å²) in [6.07, 6.45) is 1.61. The molecule has 1 fully saturated rings. The Bertz CT molecular complexity index is 742. The number of nitrogens with one attached hydrogen (secondary N) is 1. The van der Waals surface area contributed by atoms with Gasteiger partial charge < -0.3 is 19.6 Å². The second-order valence-electron chi connectivity index (χ2n) is 7.07. The molecular weight excluding hydrogens is 332 g/mol. The molecule has 3 heterocycles. The first-order valence-electron chi connectivity index (χ1n) is 8.96. The minimum atomic E-state index is -0.202. The zero-order valence-corrected chi connectivity index (χ0v) is 15.8. The van der Waals surface area contributed by atoms with Crippen LogP contribution in [0, 0.1) is 0 Å². The monoisotopic (exact) mass is 358 g/mol. The van der Waals surface area contributed by atoms with Crippen molar-refractivity contribution in [3.8, 4) is 0 Å². The van der Waals surface area contributed by atoms with Gasteiger partial charge in [-0.2, -0.15) is 4.98 Å². The van der Waals surface area contributed by atoms with Crippen LogP contribution in [0.5, 0.6) is 0 Å². The van der Waals surface area contributed by atoms with Crippen molar-refractivity contribution in [3.63, 3.8) is 0 Å². The van der Waals surface area contributed by atoms with E-state index in [4.69, 9.17) is 4.52 Å². The molecule has 0 bridgehead atoms. The molecule has 3 rings (SSSR count). The second-order valence-corrected chi connectivity index (χ2v) is 7.07. The summed E-state index contributed by atoms with van der Waals surface area (Å²) in [6, 6.07) is 4.19. The number of aromatic nitrogens is 3. The summed E-state index contributed by atoms with van der Waals surface area (Å²) in [6.45, 7) is 9.27. The molecule has 0 aliphatic carbocycles. The Hall–Kier alpha value is -2.48. The Kier molecular flexibility index (Phi) is 5.51. The number of likely N-dealkylation sites (N-methyl/N-ethyl adjacent to an activating group) is 1. The van der Waals surface area contributed by atoms with E-state index in [1.54, 1.807) is 12.3 Å². The maximum Gasteiger partial charge on any atom is 0.253 e. The van der Waals surface area contributed by atoms with Gasteiger partial charge >= 0.3 is 0 Å².